The molecule has 0 bridgehead atoms. The van der Waals surface area contributed by atoms with Gasteiger partial charge in [0.25, 0.3) is 0 Å². The Morgan fingerprint density at radius 1 is 1.43 bits per heavy atom. The first-order valence-corrected chi connectivity index (χ1v) is 9.05. The van der Waals surface area contributed by atoms with E-state index < -0.39 is 20.1 Å². The molecule has 86 valence electrons. The third-order valence-corrected chi connectivity index (χ3v) is 4.25. The molecule has 4 heteroatoms. The summed E-state index contributed by atoms with van der Waals surface area (Å²) in [5.41, 5.74) is 0.0823. The molecule has 0 aliphatic rings. The van der Waals surface area contributed by atoms with Crippen LogP contribution in [-0.4, -0.2) is 15.6 Å². The van der Waals surface area contributed by atoms with Gasteiger partial charge < -0.3 is 0 Å². The molecule has 0 N–H and O–H groups in total. The Morgan fingerprint density at radius 3 is 2.21 bits per heavy atom. The van der Waals surface area contributed by atoms with Crippen molar-refractivity contribution in [3.8, 4) is 0 Å². The molecule has 0 saturated carbocycles. The van der Waals surface area contributed by atoms with Crippen LogP contribution in [0.15, 0.2) is 0 Å². The second-order valence-corrected chi connectivity index (χ2v) is 7.76. The molecule has 0 aromatic rings. The van der Waals surface area contributed by atoms with Gasteiger partial charge in [0.15, 0.2) is 0 Å². The molecule has 0 spiro atoms. The molecule has 1 amide bonds. The zero-order valence-corrected chi connectivity index (χ0v) is 12.7. The molecular formula is C10H21INOS-. The summed E-state index contributed by atoms with van der Waals surface area (Å²) in [6, 6.07) is 0. The molecule has 2 nitrogen and oxygen atoms in total. The van der Waals surface area contributed by atoms with E-state index in [0.717, 1.165) is 6.54 Å². The summed E-state index contributed by atoms with van der Waals surface area (Å²) in [7, 11) is 4.29. The number of amides is 1. The molecule has 0 aliphatic carbocycles. The molecule has 0 radical (unpaired) electrons. The molecule has 0 atom stereocenters. The fourth-order valence-corrected chi connectivity index (χ4v) is 3.39. The first kappa shape index (κ1) is 14.6. The average Bonchev–Trinajstić information content (AvgIpc) is 1.96. The molecule has 0 aliphatic heterocycles. The fourth-order valence-electron chi connectivity index (χ4n) is 1.03. The van der Waals surface area contributed by atoms with Crippen LogP contribution < -0.4 is 20.1 Å². The van der Waals surface area contributed by atoms with Gasteiger partial charge in [0.2, 0.25) is 0 Å². The van der Waals surface area contributed by atoms with Gasteiger partial charge in [-0.25, -0.2) is 0 Å². The minimum atomic E-state index is -0.409. The quantitative estimate of drug-likeness (QED) is 0.428. The van der Waals surface area contributed by atoms with Crippen molar-refractivity contribution in [3.63, 3.8) is 0 Å². The van der Waals surface area contributed by atoms with E-state index in [-0.39, 0.29) is 11.3 Å². The number of carbonyl (C=O) groups is 1. The van der Waals surface area contributed by atoms with E-state index in [1.165, 1.54) is 0 Å². The Morgan fingerprint density at radius 2 is 1.93 bits per heavy atom. The summed E-state index contributed by atoms with van der Waals surface area (Å²) in [6.45, 7) is 11.4. The van der Waals surface area contributed by atoms with Gasteiger partial charge in [-0.1, -0.05) is 0 Å². The van der Waals surface area contributed by atoms with Gasteiger partial charge in [-0.3, -0.25) is 0 Å². The van der Waals surface area contributed by atoms with Gasteiger partial charge in [-0.2, -0.15) is 0 Å². The van der Waals surface area contributed by atoms with Crippen LogP contribution >= 0.6 is 9.80 Å². The maximum absolute atomic E-state index is 11.8. The van der Waals surface area contributed by atoms with Crippen LogP contribution in [0, 0.1) is 11.3 Å². The Kier molecular flexibility index (Phi) is 6.45. The van der Waals surface area contributed by atoms with Gasteiger partial charge in [0.1, 0.15) is 0 Å². The van der Waals surface area contributed by atoms with Crippen LogP contribution in [0.4, 0.5) is 0 Å². The van der Waals surface area contributed by atoms with Crippen LogP contribution in [0.5, 0.6) is 0 Å². The third kappa shape index (κ3) is 6.92. The van der Waals surface area contributed by atoms with Gasteiger partial charge in [0.05, 0.1) is 0 Å². The Balaban J connectivity index is 4.18. The van der Waals surface area contributed by atoms with Gasteiger partial charge in [-0.05, 0) is 0 Å². The summed E-state index contributed by atoms with van der Waals surface area (Å²) in [5, 5.41) is 0. The van der Waals surface area contributed by atoms with Crippen molar-refractivity contribution < 1.29 is 24.9 Å². The van der Waals surface area contributed by atoms with Gasteiger partial charge >= 0.3 is 103 Å². The molecule has 0 rings (SSSR count). The van der Waals surface area contributed by atoms with Crippen molar-refractivity contribution in [3.05, 3.63) is 0 Å². The number of thiol groups is 1. The van der Waals surface area contributed by atoms with Crippen molar-refractivity contribution in [2.45, 2.75) is 41.0 Å². The Bertz CT molecular complexity index is 189. The number of halogens is 1. The number of hydrogen-bond donors (Lipinski definition) is 1. The first-order chi connectivity index (χ1) is 6.26. The van der Waals surface area contributed by atoms with Crippen molar-refractivity contribution in [1.29, 1.82) is 0 Å². The molecule has 14 heavy (non-hydrogen) atoms. The second kappa shape index (κ2) is 6.20. The van der Waals surface area contributed by atoms with Crippen molar-refractivity contribution in [1.82, 2.24) is 3.11 Å². The van der Waals surface area contributed by atoms with Crippen molar-refractivity contribution in [2.24, 2.45) is 11.3 Å². The topological polar surface area (TPSA) is 20.3 Å². The molecule has 0 aromatic heterocycles. The second-order valence-electron chi connectivity index (χ2n) is 5.15. The van der Waals surface area contributed by atoms with Gasteiger partial charge in [-0.15, -0.1) is 0 Å². The Labute approximate surface area is 102 Å². The minimum absolute atomic E-state index is 0.0823. The van der Waals surface area contributed by atoms with E-state index in [1.54, 1.807) is 0 Å². The Hall–Kier alpha value is 0.550. The number of carbonyl (C=O) groups excluding carboxylic acids is 1. The number of hydrogen-bond acceptors (Lipinski definition) is 2. The summed E-state index contributed by atoms with van der Waals surface area (Å²) in [5.74, 6) is 0.791. The van der Waals surface area contributed by atoms with E-state index in [4.69, 9.17) is 0 Å². The molecule has 0 saturated heterocycles. The average molecular weight is 330 g/mol. The van der Waals surface area contributed by atoms with E-state index >= 15 is 0 Å². The maximum atomic E-state index is 11.8. The molecule has 0 heterocycles. The SMILES string of the molecule is CC(C)CN([I-]S)C(=O)CC(C)(C)C. The van der Waals surface area contributed by atoms with Crippen LogP contribution in [0.2, 0.25) is 0 Å². The van der Waals surface area contributed by atoms with Crippen molar-refractivity contribution in [2.75, 3.05) is 6.54 Å². The number of rotatable bonds is 4. The predicted octanol–water partition coefficient (Wildman–Crippen LogP) is -0.244. The fraction of sp³-hybridized carbons (Fsp3) is 0.900. The van der Waals surface area contributed by atoms with E-state index in [9.17, 15) is 4.79 Å². The normalized spacial score (nSPS) is 12.2. The summed E-state index contributed by atoms with van der Waals surface area (Å²) >= 11 is -0.409. The molecule has 0 unspecified atom stereocenters. The summed E-state index contributed by atoms with van der Waals surface area (Å²) in [4.78, 5) is 11.8. The van der Waals surface area contributed by atoms with Crippen LogP contribution in [0.3, 0.4) is 0 Å². The molecule has 0 aromatic carbocycles. The first-order valence-electron chi connectivity index (χ1n) is 4.85. The number of nitrogens with zero attached hydrogens (tertiary/aromatic N) is 1. The predicted molar refractivity (Wildman–Crippen MR) is 59.6 cm³/mol. The van der Waals surface area contributed by atoms with Crippen LogP contribution in [0.1, 0.15) is 41.0 Å². The van der Waals surface area contributed by atoms with E-state index in [2.05, 4.69) is 44.4 Å². The van der Waals surface area contributed by atoms with Gasteiger partial charge in [0, 0.05) is 0 Å². The zero-order chi connectivity index (χ0) is 11.4. The summed E-state index contributed by atoms with van der Waals surface area (Å²) in [6.07, 6.45) is 0.625. The zero-order valence-electron chi connectivity index (χ0n) is 9.67. The van der Waals surface area contributed by atoms with E-state index in [1.807, 2.05) is 3.11 Å². The molecule has 0 fully saturated rings. The van der Waals surface area contributed by atoms with Crippen LogP contribution in [0.25, 0.3) is 0 Å². The standard InChI is InChI=1S/C10H21INOS/c1-8(2)7-12(11-14)9(13)6-10(3,4)5/h8,14H,6-7H2,1-5H3/q-1. The van der Waals surface area contributed by atoms with Crippen LogP contribution in [-0.2, 0) is 4.79 Å². The van der Waals surface area contributed by atoms with Crippen molar-refractivity contribution >= 4 is 15.7 Å². The summed E-state index contributed by atoms with van der Waals surface area (Å²) < 4.78 is 1.93. The molecular weight excluding hydrogens is 309 g/mol. The third-order valence-electron chi connectivity index (χ3n) is 1.57. The van der Waals surface area contributed by atoms with E-state index in [0.29, 0.717) is 12.3 Å². The monoisotopic (exact) mass is 330 g/mol.